The van der Waals surface area contributed by atoms with Crippen LogP contribution in [0.1, 0.15) is 33.6 Å². The van der Waals surface area contributed by atoms with Crippen LogP contribution in [0.4, 0.5) is 4.39 Å². The Morgan fingerprint density at radius 1 is 1.16 bits per heavy atom. The molecule has 6 heteroatoms. The summed E-state index contributed by atoms with van der Waals surface area (Å²) in [4.78, 5) is 13.1. The van der Waals surface area contributed by atoms with Crippen molar-refractivity contribution in [1.29, 1.82) is 0 Å². The molecular weight excluding hydrogens is 323 g/mol. The fourth-order valence-electron chi connectivity index (χ4n) is 3.43. The lowest BCUT2D eigenvalue weighted by atomic mass is 9.99. The smallest absolute Gasteiger partial charge is 0.371 e. The average Bonchev–Trinajstić information content (AvgIpc) is 3.25. The van der Waals surface area contributed by atoms with Gasteiger partial charge in [0.05, 0.1) is 12.6 Å². The van der Waals surface area contributed by atoms with E-state index in [-0.39, 0.29) is 17.6 Å². The van der Waals surface area contributed by atoms with Crippen molar-refractivity contribution in [2.45, 2.75) is 19.1 Å². The first kappa shape index (κ1) is 15.7. The van der Waals surface area contributed by atoms with Crippen LogP contribution in [0, 0.1) is 5.82 Å². The van der Waals surface area contributed by atoms with Gasteiger partial charge in [-0.2, -0.15) is 0 Å². The van der Waals surface area contributed by atoms with Gasteiger partial charge < -0.3 is 14.1 Å². The molecule has 4 rings (SSSR count). The van der Waals surface area contributed by atoms with Crippen molar-refractivity contribution in [1.82, 2.24) is 9.47 Å². The number of benzene rings is 1. The summed E-state index contributed by atoms with van der Waals surface area (Å²) in [5.74, 6) is -0.876. The van der Waals surface area contributed by atoms with E-state index in [1.54, 1.807) is 18.2 Å². The van der Waals surface area contributed by atoms with Crippen molar-refractivity contribution in [2.75, 3.05) is 6.54 Å². The van der Waals surface area contributed by atoms with Gasteiger partial charge in [-0.25, -0.2) is 9.18 Å². The van der Waals surface area contributed by atoms with Gasteiger partial charge in [0, 0.05) is 30.5 Å². The van der Waals surface area contributed by atoms with Crippen LogP contribution in [-0.4, -0.2) is 27.1 Å². The number of halogens is 1. The van der Waals surface area contributed by atoms with Crippen LogP contribution in [0.2, 0.25) is 0 Å². The number of carbonyl (C=O) groups is 1. The number of furan rings is 1. The number of nitrogens with zero attached hydrogens (tertiary/aromatic N) is 2. The highest BCUT2D eigenvalue weighted by Gasteiger charge is 2.31. The Hall–Kier alpha value is -2.86. The fourth-order valence-corrected chi connectivity index (χ4v) is 3.43. The normalized spacial score (nSPS) is 17.4. The third-order valence-electron chi connectivity index (χ3n) is 4.57. The number of aromatic carboxylic acids is 1. The largest absolute Gasteiger partial charge is 0.475 e. The second-order valence-corrected chi connectivity index (χ2v) is 6.09. The first-order chi connectivity index (χ1) is 12.1. The zero-order valence-corrected chi connectivity index (χ0v) is 13.4. The van der Waals surface area contributed by atoms with Crippen LogP contribution in [0.15, 0.2) is 59.1 Å². The molecule has 0 aliphatic carbocycles. The molecule has 5 nitrogen and oxygen atoms in total. The lowest BCUT2D eigenvalue weighted by Crippen LogP contribution is -2.38. The molecule has 1 aliphatic heterocycles. The minimum atomic E-state index is -1.09. The highest BCUT2D eigenvalue weighted by atomic mass is 19.1. The Morgan fingerprint density at radius 2 is 2.00 bits per heavy atom. The van der Waals surface area contributed by atoms with Gasteiger partial charge in [0.15, 0.2) is 0 Å². The third-order valence-corrected chi connectivity index (χ3v) is 4.57. The Bertz CT molecular complexity index is 915. The van der Waals surface area contributed by atoms with Gasteiger partial charge in [0.25, 0.3) is 0 Å². The minimum Gasteiger partial charge on any atom is -0.475 e. The molecule has 3 heterocycles. The molecule has 25 heavy (non-hydrogen) atoms. The van der Waals surface area contributed by atoms with Gasteiger partial charge in [0.1, 0.15) is 11.6 Å². The topological polar surface area (TPSA) is 58.6 Å². The molecule has 1 atom stereocenters. The van der Waals surface area contributed by atoms with E-state index in [4.69, 9.17) is 9.52 Å². The van der Waals surface area contributed by atoms with Crippen LogP contribution in [-0.2, 0) is 13.1 Å². The van der Waals surface area contributed by atoms with Gasteiger partial charge in [-0.15, -0.1) is 0 Å². The zero-order chi connectivity index (χ0) is 17.4. The Balaban J connectivity index is 1.70. The average molecular weight is 340 g/mol. The summed E-state index contributed by atoms with van der Waals surface area (Å²) in [5, 5.41) is 9.01. The highest BCUT2D eigenvalue weighted by molar-refractivity contribution is 5.84. The quantitative estimate of drug-likeness (QED) is 0.789. The van der Waals surface area contributed by atoms with Crippen molar-refractivity contribution < 1.29 is 18.7 Å². The van der Waals surface area contributed by atoms with E-state index < -0.39 is 5.97 Å². The molecule has 0 fully saturated rings. The number of hydrogen-bond donors (Lipinski definition) is 1. The van der Waals surface area contributed by atoms with Crippen molar-refractivity contribution in [3.8, 4) is 0 Å². The molecule has 0 saturated carbocycles. The van der Waals surface area contributed by atoms with Crippen LogP contribution < -0.4 is 0 Å². The van der Waals surface area contributed by atoms with Crippen molar-refractivity contribution >= 4 is 5.97 Å². The molecule has 0 radical (unpaired) electrons. The van der Waals surface area contributed by atoms with Gasteiger partial charge in [-0.1, -0.05) is 18.2 Å². The molecule has 1 N–H and O–H groups in total. The van der Waals surface area contributed by atoms with Crippen LogP contribution in [0.25, 0.3) is 0 Å². The van der Waals surface area contributed by atoms with Crippen molar-refractivity contribution in [2.24, 2.45) is 0 Å². The van der Waals surface area contributed by atoms with Crippen molar-refractivity contribution in [3.63, 3.8) is 0 Å². The molecule has 0 amide bonds. The summed E-state index contributed by atoms with van der Waals surface area (Å²) in [6.07, 6.45) is 2.00. The van der Waals surface area contributed by atoms with E-state index in [1.165, 1.54) is 12.1 Å². The SMILES string of the molecule is O=C(O)c1ccc(CN2CCn3cccc3C2c2ccccc2F)o1. The number of fused-ring (bicyclic) bond motifs is 1. The third kappa shape index (κ3) is 2.85. The maximum atomic E-state index is 14.5. The van der Waals surface area contributed by atoms with Crippen LogP contribution in [0.5, 0.6) is 0 Å². The monoisotopic (exact) mass is 340 g/mol. The Kier molecular flexibility index (Phi) is 3.89. The fraction of sp³-hybridized carbons (Fsp3) is 0.211. The molecular formula is C19H17FN2O3. The number of aromatic nitrogens is 1. The first-order valence-corrected chi connectivity index (χ1v) is 8.09. The first-order valence-electron chi connectivity index (χ1n) is 8.09. The number of rotatable bonds is 4. The van der Waals surface area contributed by atoms with Crippen molar-refractivity contribution in [3.05, 3.63) is 83.3 Å². The molecule has 0 spiro atoms. The molecule has 1 unspecified atom stereocenters. The molecule has 0 bridgehead atoms. The molecule has 1 aromatic carbocycles. The van der Waals surface area contributed by atoms with Gasteiger partial charge >= 0.3 is 5.97 Å². The zero-order valence-electron chi connectivity index (χ0n) is 13.4. The van der Waals surface area contributed by atoms with E-state index in [1.807, 2.05) is 24.4 Å². The minimum absolute atomic E-state index is 0.0853. The maximum Gasteiger partial charge on any atom is 0.371 e. The molecule has 1 aliphatic rings. The van der Waals surface area contributed by atoms with Crippen LogP contribution >= 0.6 is 0 Å². The van der Waals surface area contributed by atoms with Gasteiger partial charge in [-0.3, -0.25) is 4.90 Å². The highest BCUT2D eigenvalue weighted by Crippen LogP contribution is 2.34. The van der Waals surface area contributed by atoms with Crippen LogP contribution in [0.3, 0.4) is 0 Å². The summed E-state index contributed by atoms with van der Waals surface area (Å²) in [5.41, 5.74) is 1.62. The second-order valence-electron chi connectivity index (χ2n) is 6.09. The van der Waals surface area contributed by atoms with Gasteiger partial charge in [-0.05, 0) is 30.3 Å². The lowest BCUT2D eigenvalue weighted by Gasteiger charge is -2.37. The lowest BCUT2D eigenvalue weighted by molar-refractivity contribution is 0.0656. The van der Waals surface area contributed by atoms with E-state index in [9.17, 15) is 9.18 Å². The Labute approximate surface area is 143 Å². The predicted molar refractivity (Wildman–Crippen MR) is 88.8 cm³/mol. The van der Waals surface area contributed by atoms with E-state index in [2.05, 4.69) is 9.47 Å². The summed E-state index contributed by atoms with van der Waals surface area (Å²) < 4.78 is 22.0. The molecule has 0 saturated heterocycles. The van der Waals surface area contributed by atoms with Gasteiger partial charge in [0.2, 0.25) is 5.76 Å². The molecule has 2 aromatic heterocycles. The number of hydrogen-bond acceptors (Lipinski definition) is 3. The van der Waals surface area contributed by atoms with E-state index >= 15 is 0 Å². The summed E-state index contributed by atoms with van der Waals surface area (Å²) in [7, 11) is 0. The summed E-state index contributed by atoms with van der Waals surface area (Å²) in [6, 6.07) is 13.6. The molecule has 3 aromatic rings. The predicted octanol–water partition coefficient (Wildman–Crippen LogP) is 3.52. The second kappa shape index (κ2) is 6.22. The summed E-state index contributed by atoms with van der Waals surface area (Å²) in [6.45, 7) is 1.92. The number of carboxylic acids is 1. The maximum absolute atomic E-state index is 14.5. The summed E-state index contributed by atoms with van der Waals surface area (Å²) >= 11 is 0. The number of carboxylic acid groups (broad SMARTS) is 1. The molecule has 128 valence electrons. The van der Waals surface area contributed by atoms with E-state index in [0.29, 0.717) is 24.4 Å². The Morgan fingerprint density at radius 3 is 2.76 bits per heavy atom. The standard InChI is InChI=1S/C19H17FN2O3/c20-15-5-2-1-4-14(15)18-16-6-3-9-21(16)10-11-22(18)12-13-7-8-17(25-13)19(23)24/h1-9,18H,10-12H2,(H,23,24). The van der Waals surface area contributed by atoms with E-state index in [0.717, 1.165) is 12.2 Å².